The lowest BCUT2D eigenvalue weighted by atomic mass is 9.96. The Hall–Kier alpha value is -2.42. The number of anilines is 1. The van der Waals surface area contributed by atoms with Gasteiger partial charge in [-0.3, -0.25) is 9.48 Å². The summed E-state index contributed by atoms with van der Waals surface area (Å²) in [4.78, 5) is 18.9. The molecule has 3 aromatic rings. The van der Waals surface area contributed by atoms with Crippen molar-refractivity contribution in [2.75, 3.05) is 32.2 Å². The number of imidazole rings is 1. The highest BCUT2D eigenvalue weighted by atomic mass is 35.5. The Kier molecular flexibility index (Phi) is 8.46. The molecule has 0 saturated carbocycles. The molecule has 1 amide bonds. The van der Waals surface area contributed by atoms with E-state index < -0.39 is 0 Å². The number of carbonyl (C=O) groups excluding carboxylic acids is 1. The molecule has 35 heavy (non-hydrogen) atoms. The highest BCUT2D eigenvalue weighted by Gasteiger charge is 2.29. The number of methoxy groups -OCH3 is 1. The molecule has 1 N–H and O–H groups in total. The molecule has 2 aromatic heterocycles. The van der Waals surface area contributed by atoms with E-state index in [1.54, 1.807) is 20.4 Å². The van der Waals surface area contributed by atoms with Crippen molar-refractivity contribution >= 4 is 34.7 Å². The maximum Gasteiger partial charge on any atom is 0.214 e. The highest BCUT2D eigenvalue weighted by Crippen LogP contribution is 2.39. The molecule has 0 radical (unpaired) electrons. The highest BCUT2D eigenvalue weighted by molar-refractivity contribution is 6.30. The second kappa shape index (κ2) is 11.5. The monoisotopic (exact) mass is 500 g/mol. The minimum Gasteiger partial charge on any atom is -0.388 e. The summed E-state index contributed by atoms with van der Waals surface area (Å²) in [7, 11) is 3.25. The van der Waals surface area contributed by atoms with Crippen LogP contribution in [0.1, 0.15) is 62.9 Å². The first-order valence-corrected chi connectivity index (χ1v) is 12.9. The van der Waals surface area contributed by atoms with Gasteiger partial charge in [-0.1, -0.05) is 18.5 Å². The number of aromatic nitrogens is 4. The van der Waals surface area contributed by atoms with Gasteiger partial charge in [0.25, 0.3) is 0 Å². The zero-order valence-electron chi connectivity index (χ0n) is 21.2. The number of rotatable bonds is 5. The third kappa shape index (κ3) is 5.39. The van der Waals surface area contributed by atoms with E-state index in [0.717, 1.165) is 75.2 Å². The van der Waals surface area contributed by atoms with Crippen molar-refractivity contribution < 1.29 is 9.53 Å². The maximum absolute atomic E-state index is 11.8. The van der Waals surface area contributed by atoms with E-state index in [9.17, 15) is 4.79 Å². The number of halogens is 1. The van der Waals surface area contributed by atoms with Crippen molar-refractivity contribution in [3.8, 4) is 0 Å². The third-order valence-corrected chi connectivity index (χ3v) is 7.26. The van der Waals surface area contributed by atoms with Gasteiger partial charge in [0, 0.05) is 49.7 Å². The van der Waals surface area contributed by atoms with Gasteiger partial charge >= 0.3 is 0 Å². The molecule has 3 unspecified atom stereocenters. The van der Waals surface area contributed by atoms with E-state index in [-0.39, 0.29) is 12.0 Å². The molecule has 0 aliphatic carbocycles. The summed E-state index contributed by atoms with van der Waals surface area (Å²) in [5.41, 5.74) is 4.46. The van der Waals surface area contributed by atoms with Gasteiger partial charge < -0.3 is 19.5 Å². The topological polar surface area (TPSA) is 77.2 Å². The molecule has 2 aliphatic rings. The number of nitrogens with zero attached hydrogens (tertiary/aromatic N) is 5. The minimum atomic E-state index is 0.176. The number of fused-ring (bicyclic) bond motifs is 3. The van der Waals surface area contributed by atoms with Crippen LogP contribution in [0, 0.1) is 0 Å². The molecule has 2 aliphatic heterocycles. The molecule has 4 heterocycles. The quantitative estimate of drug-likeness (QED) is 0.519. The van der Waals surface area contributed by atoms with Crippen LogP contribution in [0.5, 0.6) is 0 Å². The average molecular weight is 501 g/mol. The summed E-state index contributed by atoms with van der Waals surface area (Å²) in [6.07, 6.45) is 9.81. The van der Waals surface area contributed by atoms with Crippen molar-refractivity contribution in [1.82, 2.24) is 24.6 Å². The van der Waals surface area contributed by atoms with Crippen LogP contribution in [0.2, 0.25) is 5.02 Å². The van der Waals surface area contributed by atoms with Crippen LogP contribution in [-0.2, 0) is 22.5 Å². The summed E-state index contributed by atoms with van der Waals surface area (Å²) in [5, 5.41) is 8.57. The molecule has 9 heteroatoms. The van der Waals surface area contributed by atoms with Crippen molar-refractivity contribution in [3.05, 3.63) is 40.9 Å². The van der Waals surface area contributed by atoms with Gasteiger partial charge in [0.05, 0.1) is 28.8 Å². The largest absolute Gasteiger partial charge is 0.388 e. The van der Waals surface area contributed by atoms with Gasteiger partial charge in [-0.05, 0) is 64.3 Å². The summed E-state index contributed by atoms with van der Waals surface area (Å²) in [6.45, 7) is 7.15. The molecular weight excluding hydrogens is 464 g/mol. The van der Waals surface area contributed by atoms with Crippen LogP contribution in [0.25, 0.3) is 11.0 Å². The molecule has 8 nitrogen and oxygen atoms in total. The zero-order chi connectivity index (χ0) is 24.9. The van der Waals surface area contributed by atoms with E-state index in [1.165, 1.54) is 11.1 Å². The van der Waals surface area contributed by atoms with Crippen molar-refractivity contribution in [2.45, 2.75) is 70.5 Å². The Balaban J connectivity index is 0.000000917. The van der Waals surface area contributed by atoms with Crippen molar-refractivity contribution in [2.24, 2.45) is 0 Å². The number of ether oxygens (including phenoxy) is 1. The van der Waals surface area contributed by atoms with Crippen LogP contribution in [-0.4, -0.2) is 59.1 Å². The van der Waals surface area contributed by atoms with Gasteiger partial charge in [-0.25, -0.2) is 4.98 Å². The van der Waals surface area contributed by atoms with Gasteiger partial charge in [-0.15, -0.1) is 0 Å². The van der Waals surface area contributed by atoms with E-state index in [1.807, 2.05) is 15.8 Å². The van der Waals surface area contributed by atoms with Crippen molar-refractivity contribution in [1.29, 1.82) is 0 Å². The standard InChI is InChI=1S/C24H31ClN6O.C2H6O/c1-16(13-29-14-18(25)12-27-29)24-28-23-20-6-5-17(2)30(15-32)21(20)7-8-22(23)31(24)19-4-3-10-26-11-9-19;1-3-2/h7-8,12,14-17,19,26H,3-6,9-11,13H2,1-2H3;1-2H3. The predicted octanol–water partition coefficient (Wildman–Crippen LogP) is 4.56. The molecular formula is C26H37ClN6O2. The average Bonchev–Trinajstić information content (AvgIpc) is 3.32. The number of aryl methyl sites for hydroxylation is 1. The molecule has 1 saturated heterocycles. The van der Waals surface area contributed by atoms with Gasteiger partial charge in [0.2, 0.25) is 6.41 Å². The molecule has 1 aromatic carbocycles. The summed E-state index contributed by atoms with van der Waals surface area (Å²) < 4.78 is 8.64. The Labute approximate surface area is 212 Å². The molecule has 5 rings (SSSR count). The fourth-order valence-corrected chi connectivity index (χ4v) is 5.55. The normalized spacial score (nSPS) is 21.1. The summed E-state index contributed by atoms with van der Waals surface area (Å²) in [5.74, 6) is 1.28. The summed E-state index contributed by atoms with van der Waals surface area (Å²) in [6, 6.07) is 4.93. The van der Waals surface area contributed by atoms with E-state index in [0.29, 0.717) is 11.1 Å². The first kappa shape index (κ1) is 25.7. The Morgan fingerprint density at radius 2 is 2.06 bits per heavy atom. The summed E-state index contributed by atoms with van der Waals surface area (Å²) >= 11 is 6.10. The Morgan fingerprint density at radius 3 is 2.77 bits per heavy atom. The fraction of sp³-hybridized carbons (Fsp3) is 0.577. The van der Waals surface area contributed by atoms with E-state index in [2.05, 4.69) is 45.7 Å². The van der Waals surface area contributed by atoms with Crippen molar-refractivity contribution in [3.63, 3.8) is 0 Å². The lowest BCUT2D eigenvalue weighted by Gasteiger charge is -2.32. The third-order valence-electron chi connectivity index (χ3n) is 7.06. The SMILES string of the molecule is CC(Cn1cc(Cl)cn1)c1nc2c3c(ccc2n1C1CCCNCC1)N(C=O)C(C)CC3.COC. The Morgan fingerprint density at radius 1 is 1.26 bits per heavy atom. The molecule has 190 valence electrons. The maximum atomic E-state index is 11.8. The minimum absolute atomic E-state index is 0.176. The first-order valence-electron chi connectivity index (χ1n) is 12.5. The lowest BCUT2D eigenvalue weighted by molar-refractivity contribution is -0.107. The molecule has 1 fully saturated rings. The second-order valence-corrected chi connectivity index (χ2v) is 10.1. The number of hydrogen-bond acceptors (Lipinski definition) is 5. The Bertz CT molecular complexity index is 1130. The number of hydrogen-bond donors (Lipinski definition) is 1. The number of nitrogens with one attached hydrogen (secondary N) is 1. The van der Waals surface area contributed by atoms with Crippen LogP contribution < -0.4 is 10.2 Å². The van der Waals surface area contributed by atoms with Crippen LogP contribution >= 0.6 is 11.6 Å². The van der Waals surface area contributed by atoms with Gasteiger partial charge in [-0.2, -0.15) is 5.10 Å². The molecule has 0 bridgehead atoms. The second-order valence-electron chi connectivity index (χ2n) is 9.70. The van der Waals surface area contributed by atoms with E-state index >= 15 is 0 Å². The number of benzene rings is 1. The van der Waals surface area contributed by atoms with Gasteiger partial charge in [0.1, 0.15) is 5.82 Å². The zero-order valence-corrected chi connectivity index (χ0v) is 22.0. The van der Waals surface area contributed by atoms with Crippen LogP contribution in [0.4, 0.5) is 5.69 Å². The smallest absolute Gasteiger partial charge is 0.214 e. The first-order chi connectivity index (χ1) is 17.0. The molecule has 3 atom stereocenters. The number of carbonyl (C=O) groups is 1. The van der Waals surface area contributed by atoms with Gasteiger partial charge in [0.15, 0.2) is 0 Å². The predicted molar refractivity (Wildman–Crippen MR) is 140 cm³/mol. The number of amides is 1. The van der Waals surface area contributed by atoms with Crippen LogP contribution in [0.3, 0.4) is 0 Å². The lowest BCUT2D eigenvalue weighted by Crippen LogP contribution is -2.36. The fourth-order valence-electron chi connectivity index (χ4n) is 5.39. The van der Waals surface area contributed by atoms with Crippen LogP contribution in [0.15, 0.2) is 24.5 Å². The molecule has 0 spiro atoms. The van der Waals surface area contributed by atoms with E-state index in [4.69, 9.17) is 16.6 Å².